The number of piperazine rings is 1. The molecule has 0 N–H and O–H groups in total. The summed E-state index contributed by atoms with van der Waals surface area (Å²) in [5, 5.41) is 0. The highest BCUT2D eigenvalue weighted by Gasteiger charge is 2.22. The van der Waals surface area contributed by atoms with Gasteiger partial charge in [0.2, 0.25) is 5.91 Å². The zero-order valence-electron chi connectivity index (χ0n) is 14.5. The van der Waals surface area contributed by atoms with Crippen molar-refractivity contribution in [3.63, 3.8) is 0 Å². The van der Waals surface area contributed by atoms with Crippen molar-refractivity contribution in [1.82, 2.24) is 19.4 Å². The maximum absolute atomic E-state index is 11.9. The van der Waals surface area contributed by atoms with E-state index in [2.05, 4.69) is 44.8 Å². The highest BCUT2D eigenvalue weighted by Crippen LogP contribution is 2.19. The molecule has 1 fully saturated rings. The molecular formula is C17H24N6O. The first-order valence-corrected chi connectivity index (χ1v) is 8.23. The lowest BCUT2D eigenvalue weighted by molar-refractivity contribution is -0.129. The number of carbonyl (C=O) groups is 1. The van der Waals surface area contributed by atoms with Gasteiger partial charge >= 0.3 is 0 Å². The van der Waals surface area contributed by atoms with E-state index in [1.807, 2.05) is 25.1 Å². The van der Waals surface area contributed by atoms with Gasteiger partial charge in [-0.25, -0.2) is 9.97 Å². The van der Waals surface area contributed by atoms with E-state index in [9.17, 15) is 4.79 Å². The van der Waals surface area contributed by atoms with Crippen molar-refractivity contribution in [2.24, 2.45) is 0 Å². The highest BCUT2D eigenvalue weighted by atomic mass is 16.2. The van der Waals surface area contributed by atoms with Gasteiger partial charge in [-0.15, -0.1) is 0 Å². The number of rotatable bonds is 5. The molecular weight excluding hydrogens is 304 g/mol. The number of hydrogen-bond acceptors (Lipinski definition) is 5. The van der Waals surface area contributed by atoms with E-state index >= 15 is 0 Å². The van der Waals surface area contributed by atoms with Crippen molar-refractivity contribution in [3.8, 4) is 0 Å². The monoisotopic (exact) mass is 328 g/mol. The molecule has 0 bridgehead atoms. The van der Waals surface area contributed by atoms with Crippen LogP contribution < -0.4 is 9.80 Å². The molecule has 0 unspecified atom stereocenters. The van der Waals surface area contributed by atoms with Crippen LogP contribution in [0.25, 0.3) is 0 Å². The highest BCUT2D eigenvalue weighted by molar-refractivity contribution is 5.82. The van der Waals surface area contributed by atoms with E-state index in [1.165, 1.54) is 5.56 Å². The summed E-state index contributed by atoms with van der Waals surface area (Å²) in [7, 11) is 3.85. The number of hydrogen-bond donors (Lipinski definition) is 0. The number of nitrogens with zero attached hydrogens (tertiary/aromatic N) is 6. The van der Waals surface area contributed by atoms with Crippen molar-refractivity contribution in [2.45, 2.75) is 20.0 Å². The Kier molecular flexibility index (Phi) is 4.69. The second kappa shape index (κ2) is 6.90. The zero-order chi connectivity index (χ0) is 17.1. The van der Waals surface area contributed by atoms with Gasteiger partial charge in [0, 0.05) is 58.7 Å². The van der Waals surface area contributed by atoms with Crippen LogP contribution in [0.3, 0.4) is 0 Å². The van der Waals surface area contributed by atoms with Gasteiger partial charge in [-0.2, -0.15) is 0 Å². The van der Waals surface area contributed by atoms with Crippen molar-refractivity contribution in [1.29, 1.82) is 0 Å². The Labute approximate surface area is 142 Å². The van der Waals surface area contributed by atoms with Crippen molar-refractivity contribution >= 4 is 17.5 Å². The first kappa shape index (κ1) is 16.3. The molecule has 24 heavy (non-hydrogen) atoms. The number of anilines is 2. The molecule has 0 radical (unpaired) electrons. The number of aromatic nitrogens is 3. The largest absolute Gasteiger partial charge is 0.355 e. The second-order valence-electron chi connectivity index (χ2n) is 6.18. The molecule has 7 heteroatoms. The molecule has 1 aliphatic rings. The van der Waals surface area contributed by atoms with Gasteiger partial charge in [0.1, 0.15) is 18.0 Å². The van der Waals surface area contributed by atoms with E-state index in [-0.39, 0.29) is 5.91 Å². The van der Waals surface area contributed by atoms with E-state index in [4.69, 9.17) is 0 Å². The number of amides is 1. The Balaban J connectivity index is 1.71. The van der Waals surface area contributed by atoms with Gasteiger partial charge in [-0.1, -0.05) is 0 Å². The van der Waals surface area contributed by atoms with Gasteiger partial charge in [0.15, 0.2) is 0 Å². The number of aryl methyl sites for hydroxylation is 1. The van der Waals surface area contributed by atoms with Crippen LogP contribution >= 0.6 is 0 Å². The normalized spacial score (nSPS) is 15.0. The maximum atomic E-state index is 11.9. The Morgan fingerprint density at radius 1 is 1.29 bits per heavy atom. The fraction of sp³-hybridized carbons (Fsp3) is 0.471. The van der Waals surface area contributed by atoms with Crippen LogP contribution in [0, 0.1) is 0 Å². The first-order valence-electron chi connectivity index (χ1n) is 8.23. The fourth-order valence-corrected chi connectivity index (χ4v) is 2.81. The van der Waals surface area contributed by atoms with Crippen molar-refractivity contribution < 1.29 is 4.79 Å². The molecule has 0 saturated carbocycles. The molecule has 1 amide bonds. The molecule has 3 heterocycles. The second-order valence-corrected chi connectivity index (χ2v) is 6.18. The van der Waals surface area contributed by atoms with Crippen LogP contribution in [0.1, 0.15) is 12.5 Å². The standard InChI is InChI=1S/C17H24N6O/c1-4-22-6-5-14(11-22)10-21(3)15-9-16(19-13-18-15)23-8-7-20(2)17(24)12-23/h5-6,9,11,13H,4,7-8,10,12H2,1-3H3. The van der Waals surface area contributed by atoms with E-state index in [0.29, 0.717) is 6.54 Å². The SMILES string of the molecule is CCn1ccc(CN(C)c2cc(N3CCN(C)C(=O)C3)ncn2)c1. The van der Waals surface area contributed by atoms with E-state index in [1.54, 1.807) is 11.2 Å². The molecule has 1 saturated heterocycles. The molecule has 2 aromatic rings. The summed E-state index contributed by atoms with van der Waals surface area (Å²) in [4.78, 5) is 26.5. The van der Waals surface area contributed by atoms with Gasteiger partial charge in [-0.05, 0) is 18.6 Å². The van der Waals surface area contributed by atoms with Gasteiger partial charge < -0.3 is 19.3 Å². The summed E-state index contributed by atoms with van der Waals surface area (Å²) in [5.74, 6) is 1.78. The molecule has 0 atom stereocenters. The van der Waals surface area contributed by atoms with Crippen LogP contribution in [0.5, 0.6) is 0 Å². The Morgan fingerprint density at radius 3 is 2.83 bits per heavy atom. The Morgan fingerprint density at radius 2 is 2.12 bits per heavy atom. The van der Waals surface area contributed by atoms with Gasteiger partial charge in [0.05, 0.1) is 6.54 Å². The third-order valence-corrected chi connectivity index (χ3v) is 4.41. The van der Waals surface area contributed by atoms with Crippen LogP contribution in [0.15, 0.2) is 30.9 Å². The lowest BCUT2D eigenvalue weighted by Gasteiger charge is -2.33. The predicted octanol–water partition coefficient (Wildman–Crippen LogP) is 1.21. The molecule has 0 spiro atoms. The van der Waals surface area contributed by atoms with Crippen LogP contribution in [0.2, 0.25) is 0 Å². The molecule has 0 aliphatic carbocycles. The van der Waals surface area contributed by atoms with Crippen LogP contribution in [0.4, 0.5) is 11.6 Å². The predicted molar refractivity (Wildman–Crippen MR) is 94.1 cm³/mol. The summed E-state index contributed by atoms with van der Waals surface area (Å²) in [5.41, 5.74) is 1.24. The Bertz CT molecular complexity index is 713. The average Bonchev–Trinajstić information content (AvgIpc) is 3.05. The lowest BCUT2D eigenvalue weighted by atomic mass is 10.3. The molecule has 128 valence electrons. The zero-order valence-corrected chi connectivity index (χ0v) is 14.5. The summed E-state index contributed by atoms with van der Waals surface area (Å²) in [6.45, 7) is 5.77. The fourth-order valence-electron chi connectivity index (χ4n) is 2.81. The van der Waals surface area contributed by atoms with E-state index < -0.39 is 0 Å². The third-order valence-electron chi connectivity index (χ3n) is 4.41. The minimum absolute atomic E-state index is 0.121. The van der Waals surface area contributed by atoms with Gasteiger partial charge in [0.25, 0.3) is 0 Å². The maximum Gasteiger partial charge on any atom is 0.241 e. The lowest BCUT2D eigenvalue weighted by Crippen LogP contribution is -2.48. The average molecular weight is 328 g/mol. The minimum atomic E-state index is 0.121. The van der Waals surface area contributed by atoms with Gasteiger partial charge in [-0.3, -0.25) is 4.79 Å². The molecule has 0 aromatic carbocycles. The van der Waals surface area contributed by atoms with Crippen LogP contribution in [-0.2, 0) is 17.9 Å². The van der Waals surface area contributed by atoms with Crippen LogP contribution in [-0.4, -0.2) is 59.1 Å². The molecule has 7 nitrogen and oxygen atoms in total. The molecule has 2 aromatic heterocycles. The summed E-state index contributed by atoms with van der Waals surface area (Å²) < 4.78 is 2.16. The first-order chi connectivity index (χ1) is 11.6. The van der Waals surface area contributed by atoms with Crippen molar-refractivity contribution in [2.75, 3.05) is 43.5 Å². The summed E-state index contributed by atoms with van der Waals surface area (Å²) in [6, 6.07) is 4.08. The smallest absolute Gasteiger partial charge is 0.241 e. The van der Waals surface area contributed by atoms with Crippen molar-refractivity contribution in [3.05, 3.63) is 36.4 Å². The summed E-state index contributed by atoms with van der Waals surface area (Å²) >= 11 is 0. The Hall–Kier alpha value is -2.57. The number of likely N-dealkylation sites (N-methyl/N-ethyl adjacent to an activating group) is 1. The van der Waals surface area contributed by atoms with E-state index in [0.717, 1.165) is 37.8 Å². The minimum Gasteiger partial charge on any atom is -0.355 e. The topological polar surface area (TPSA) is 57.5 Å². The molecule has 3 rings (SSSR count). The molecule has 1 aliphatic heterocycles. The summed E-state index contributed by atoms with van der Waals surface area (Å²) in [6.07, 6.45) is 5.81. The number of carbonyl (C=O) groups excluding carboxylic acids is 1. The third kappa shape index (κ3) is 3.50. The quantitative estimate of drug-likeness (QED) is 0.826.